The van der Waals surface area contributed by atoms with Gasteiger partial charge in [0.25, 0.3) is 5.91 Å². The van der Waals surface area contributed by atoms with E-state index in [9.17, 15) is 14.4 Å². The van der Waals surface area contributed by atoms with E-state index in [1.54, 1.807) is 36.4 Å². The van der Waals surface area contributed by atoms with Crippen molar-refractivity contribution in [1.29, 1.82) is 0 Å². The first-order chi connectivity index (χ1) is 15.5. The summed E-state index contributed by atoms with van der Waals surface area (Å²) in [7, 11) is 1.35. The fraction of sp³-hybridized carbons (Fsp3) is 0.240. The number of benzene rings is 2. The number of methoxy groups -OCH3 is 1. The third-order valence-corrected chi connectivity index (χ3v) is 6.78. The molecule has 3 aromatic rings. The Morgan fingerprint density at radius 2 is 1.66 bits per heavy atom. The minimum Gasteiger partial charge on any atom is -0.465 e. The Balaban J connectivity index is 1.56. The van der Waals surface area contributed by atoms with Gasteiger partial charge in [-0.05, 0) is 30.7 Å². The van der Waals surface area contributed by atoms with Crippen molar-refractivity contribution in [1.82, 2.24) is 4.90 Å². The first kappa shape index (κ1) is 21.9. The highest BCUT2D eigenvalue weighted by atomic mass is 32.1. The molecule has 2 heterocycles. The minimum absolute atomic E-state index is 0.100. The fourth-order valence-electron chi connectivity index (χ4n) is 3.84. The zero-order chi connectivity index (χ0) is 22.7. The van der Waals surface area contributed by atoms with Crippen molar-refractivity contribution in [3.63, 3.8) is 0 Å². The third-order valence-electron chi connectivity index (χ3n) is 5.64. The Kier molecular flexibility index (Phi) is 6.48. The van der Waals surface area contributed by atoms with Gasteiger partial charge in [0, 0.05) is 34.7 Å². The Labute approximate surface area is 190 Å². The molecule has 1 amide bonds. The number of fused-ring (bicyclic) bond motifs is 1. The van der Waals surface area contributed by atoms with E-state index in [-0.39, 0.29) is 11.7 Å². The largest absolute Gasteiger partial charge is 0.465 e. The van der Waals surface area contributed by atoms with Crippen molar-refractivity contribution in [3.8, 4) is 0 Å². The average molecular weight is 449 g/mol. The van der Waals surface area contributed by atoms with Crippen LogP contribution < -0.4 is 5.32 Å². The second-order valence-corrected chi connectivity index (χ2v) is 8.65. The van der Waals surface area contributed by atoms with E-state index >= 15 is 0 Å². The number of ether oxygens (including phenoxy) is 1. The van der Waals surface area contributed by atoms with E-state index in [0.29, 0.717) is 27.3 Å². The molecule has 1 aliphatic heterocycles. The molecule has 0 saturated heterocycles. The van der Waals surface area contributed by atoms with Gasteiger partial charge >= 0.3 is 5.97 Å². The molecule has 2 aromatic carbocycles. The molecule has 0 aliphatic carbocycles. The first-order valence-corrected chi connectivity index (χ1v) is 11.3. The molecule has 0 unspecified atom stereocenters. The van der Waals surface area contributed by atoms with Gasteiger partial charge in [0.05, 0.1) is 12.7 Å². The maximum absolute atomic E-state index is 12.9. The van der Waals surface area contributed by atoms with Crippen LogP contribution in [0.5, 0.6) is 0 Å². The summed E-state index contributed by atoms with van der Waals surface area (Å²) < 4.78 is 4.99. The third kappa shape index (κ3) is 4.35. The van der Waals surface area contributed by atoms with E-state index in [2.05, 4.69) is 17.1 Å². The summed E-state index contributed by atoms with van der Waals surface area (Å²) in [6, 6.07) is 15.5. The molecular weight excluding hydrogens is 424 g/mol. The number of hydrogen-bond donors (Lipinski definition) is 1. The number of amides is 1. The number of rotatable bonds is 6. The molecule has 6 nitrogen and oxygen atoms in total. The van der Waals surface area contributed by atoms with Crippen molar-refractivity contribution in [3.05, 3.63) is 87.3 Å². The molecule has 164 valence electrons. The van der Waals surface area contributed by atoms with E-state index in [4.69, 9.17) is 4.74 Å². The number of nitrogens with zero attached hydrogens (tertiary/aromatic N) is 1. The molecule has 0 atom stereocenters. The minimum atomic E-state index is -0.438. The van der Waals surface area contributed by atoms with E-state index in [1.807, 2.05) is 18.2 Å². The maximum atomic E-state index is 12.9. The number of anilines is 1. The second kappa shape index (κ2) is 9.46. The van der Waals surface area contributed by atoms with Crippen LogP contribution in [0.25, 0.3) is 0 Å². The lowest BCUT2D eigenvalue weighted by atomic mass is 10.0. The summed E-state index contributed by atoms with van der Waals surface area (Å²) in [5.74, 6) is -0.872. The molecule has 0 bridgehead atoms. The number of carbonyl (C=O) groups is 3. The summed E-state index contributed by atoms with van der Waals surface area (Å²) in [5.41, 5.74) is 2.93. The van der Waals surface area contributed by atoms with Crippen LogP contribution in [0, 0.1) is 0 Å². The zero-order valence-corrected chi connectivity index (χ0v) is 18.8. The van der Waals surface area contributed by atoms with Gasteiger partial charge in [0.2, 0.25) is 0 Å². The number of likely N-dealkylation sites (N-methyl/N-ethyl adjacent to an activating group) is 1. The normalized spacial score (nSPS) is 13.3. The van der Waals surface area contributed by atoms with Crippen LogP contribution in [0.15, 0.2) is 54.6 Å². The molecule has 1 N–H and O–H groups in total. The predicted molar refractivity (Wildman–Crippen MR) is 125 cm³/mol. The summed E-state index contributed by atoms with van der Waals surface area (Å²) in [6.07, 6.45) is 0.746. The fourth-order valence-corrected chi connectivity index (χ4v) is 5.11. The molecule has 0 saturated carbocycles. The van der Waals surface area contributed by atoms with Crippen LogP contribution in [0.1, 0.15) is 54.0 Å². The first-order valence-electron chi connectivity index (χ1n) is 10.5. The summed E-state index contributed by atoms with van der Waals surface area (Å²) in [4.78, 5) is 41.3. The second-order valence-electron chi connectivity index (χ2n) is 7.54. The van der Waals surface area contributed by atoms with Crippen LogP contribution in [-0.4, -0.2) is 42.8 Å². The standard InChI is InChI=1S/C25H24N2O4S/c1-3-27-14-13-19-20(15-27)32-24(21(19)25(30)31-2)26-23(29)18-11-9-17(10-12-18)22(28)16-7-5-4-6-8-16/h4-12H,3,13-15H2,1-2H3,(H,26,29). The van der Waals surface area contributed by atoms with Crippen molar-refractivity contribution in [2.45, 2.75) is 19.9 Å². The van der Waals surface area contributed by atoms with Gasteiger partial charge in [0.15, 0.2) is 5.78 Å². The lowest BCUT2D eigenvalue weighted by molar-refractivity contribution is 0.0600. The smallest absolute Gasteiger partial charge is 0.341 e. The Hall–Kier alpha value is -3.29. The highest BCUT2D eigenvalue weighted by Gasteiger charge is 2.29. The number of thiophene rings is 1. The molecule has 1 aromatic heterocycles. The van der Waals surface area contributed by atoms with Gasteiger partial charge in [-0.25, -0.2) is 4.79 Å². The van der Waals surface area contributed by atoms with Crippen molar-refractivity contribution in [2.24, 2.45) is 0 Å². The van der Waals surface area contributed by atoms with Crippen molar-refractivity contribution >= 4 is 34.0 Å². The van der Waals surface area contributed by atoms with Crippen LogP contribution in [-0.2, 0) is 17.7 Å². The quantitative estimate of drug-likeness (QED) is 0.447. The molecule has 0 radical (unpaired) electrons. The zero-order valence-electron chi connectivity index (χ0n) is 18.0. The summed E-state index contributed by atoms with van der Waals surface area (Å²) >= 11 is 1.42. The molecule has 4 rings (SSSR count). The van der Waals surface area contributed by atoms with Gasteiger partial charge in [0.1, 0.15) is 5.00 Å². The van der Waals surface area contributed by atoms with Crippen LogP contribution in [0.3, 0.4) is 0 Å². The number of hydrogen-bond acceptors (Lipinski definition) is 6. The molecule has 32 heavy (non-hydrogen) atoms. The molecule has 0 fully saturated rings. The van der Waals surface area contributed by atoms with Gasteiger partial charge in [-0.15, -0.1) is 11.3 Å². The molecule has 1 aliphatic rings. The Morgan fingerprint density at radius 3 is 2.31 bits per heavy atom. The predicted octanol–water partition coefficient (Wildman–Crippen LogP) is 4.40. The lowest BCUT2D eigenvalue weighted by Crippen LogP contribution is -2.29. The average Bonchev–Trinajstić information content (AvgIpc) is 3.20. The van der Waals surface area contributed by atoms with Gasteiger partial charge < -0.3 is 10.1 Å². The number of ketones is 1. The van der Waals surface area contributed by atoms with Crippen molar-refractivity contribution < 1.29 is 19.1 Å². The highest BCUT2D eigenvalue weighted by Crippen LogP contribution is 2.37. The summed E-state index contributed by atoms with van der Waals surface area (Å²) in [5, 5.41) is 3.40. The highest BCUT2D eigenvalue weighted by molar-refractivity contribution is 7.17. The number of carbonyl (C=O) groups excluding carboxylic acids is 3. The van der Waals surface area contributed by atoms with Crippen LogP contribution in [0.4, 0.5) is 5.00 Å². The van der Waals surface area contributed by atoms with Gasteiger partial charge in [-0.2, -0.15) is 0 Å². The van der Waals surface area contributed by atoms with E-state index in [0.717, 1.165) is 36.5 Å². The van der Waals surface area contributed by atoms with Crippen molar-refractivity contribution in [2.75, 3.05) is 25.5 Å². The topological polar surface area (TPSA) is 75.7 Å². The van der Waals surface area contributed by atoms with Gasteiger partial charge in [-0.3, -0.25) is 14.5 Å². The SMILES string of the molecule is CCN1CCc2c(sc(NC(=O)c3ccc(C(=O)c4ccccc4)cc3)c2C(=O)OC)C1. The van der Waals surface area contributed by atoms with E-state index in [1.165, 1.54) is 18.4 Å². The van der Waals surface area contributed by atoms with E-state index < -0.39 is 5.97 Å². The van der Waals surface area contributed by atoms with Crippen LogP contribution >= 0.6 is 11.3 Å². The monoisotopic (exact) mass is 448 g/mol. The lowest BCUT2D eigenvalue weighted by Gasteiger charge is -2.25. The molecule has 7 heteroatoms. The molecular formula is C25H24N2O4S. The van der Waals surface area contributed by atoms with Gasteiger partial charge in [-0.1, -0.05) is 49.4 Å². The van der Waals surface area contributed by atoms with Crippen LogP contribution in [0.2, 0.25) is 0 Å². The number of esters is 1. The summed E-state index contributed by atoms with van der Waals surface area (Å²) in [6.45, 7) is 4.66. The number of nitrogens with one attached hydrogen (secondary N) is 1. The maximum Gasteiger partial charge on any atom is 0.341 e. The molecule has 0 spiro atoms. The Morgan fingerprint density at radius 1 is 1.00 bits per heavy atom. The Bertz CT molecular complexity index is 1150.